The molecule has 1 aliphatic heterocycles. The topological polar surface area (TPSA) is 9.23 Å². The van der Waals surface area contributed by atoms with Gasteiger partial charge in [0.25, 0.3) is 0 Å². The lowest BCUT2D eigenvalue weighted by Crippen LogP contribution is -2.62. The van der Waals surface area contributed by atoms with E-state index in [1.54, 1.807) is 0 Å². The van der Waals surface area contributed by atoms with Crippen LogP contribution in [0.4, 0.5) is 0 Å². The zero-order valence-corrected chi connectivity index (χ0v) is 14.8. The molecule has 3 fully saturated rings. The van der Waals surface area contributed by atoms with Crippen molar-refractivity contribution >= 4 is 0 Å². The zero-order valence-electron chi connectivity index (χ0n) is 14.8. The maximum atomic E-state index is 6.68. The van der Waals surface area contributed by atoms with Crippen LogP contribution < -0.4 is 0 Å². The molecule has 5 atom stereocenters. The van der Waals surface area contributed by atoms with E-state index in [0.717, 1.165) is 18.3 Å². The van der Waals surface area contributed by atoms with Crippen molar-refractivity contribution in [2.75, 3.05) is 0 Å². The predicted octanol–water partition coefficient (Wildman–Crippen LogP) is 5.74. The van der Waals surface area contributed by atoms with Gasteiger partial charge in [-0.25, -0.2) is 0 Å². The lowest BCUT2D eigenvalue weighted by molar-refractivity contribution is -0.252. The first-order chi connectivity index (χ1) is 9.65. The molecule has 1 saturated heterocycles. The smallest absolute Gasteiger partial charge is 0.0839 e. The molecule has 0 bridgehead atoms. The van der Waals surface area contributed by atoms with Crippen molar-refractivity contribution in [1.29, 1.82) is 0 Å². The van der Waals surface area contributed by atoms with Gasteiger partial charge in [-0.2, -0.15) is 0 Å². The van der Waals surface area contributed by atoms with Crippen molar-refractivity contribution in [3.05, 3.63) is 12.7 Å². The minimum atomic E-state index is -0.112. The van der Waals surface area contributed by atoms with Crippen LogP contribution in [0.25, 0.3) is 0 Å². The van der Waals surface area contributed by atoms with E-state index >= 15 is 0 Å². The molecule has 0 aromatic rings. The Kier molecular flexibility index (Phi) is 3.41. The van der Waals surface area contributed by atoms with Gasteiger partial charge in [0.1, 0.15) is 0 Å². The van der Waals surface area contributed by atoms with Gasteiger partial charge in [0, 0.05) is 0 Å². The highest BCUT2D eigenvalue weighted by Crippen LogP contribution is 2.65. The minimum absolute atomic E-state index is 0.0554. The molecule has 21 heavy (non-hydrogen) atoms. The van der Waals surface area contributed by atoms with Crippen molar-refractivity contribution in [3.8, 4) is 0 Å². The summed E-state index contributed by atoms with van der Waals surface area (Å²) in [7, 11) is 0. The van der Waals surface area contributed by atoms with Gasteiger partial charge in [0.2, 0.25) is 0 Å². The van der Waals surface area contributed by atoms with Crippen LogP contribution in [0.2, 0.25) is 0 Å². The second-order valence-corrected chi connectivity index (χ2v) is 9.46. The Morgan fingerprint density at radius 2 is 1.57 bits per heavy atom. The van der Waals surface area contributed by atoms with Crippen LogP contribution in [-0.4, -0.2) is 11.2 Å². The first-order valence-electron chi connectivity index (χ1n) is 8.99. The summed E-state index contributed by atoms with van der Waals surface area (Å²) in [4.78, 5) is 0. The summed E-state index contributed by atoms with van der Waals surface area (Å²) in [6, 6.07) is 0. The summed E-state index contributed by atoms with van der Waals surface area (Å²) in [5.41, 5.74) is 0.920. The second-order valence-electron chi connectivity index (χ2n) is 9.46. The maximum Gasteiger partial charge on any atom is 0.0839 e. The summed E-state index contributed by atoms with van der Waals surface area (Å²) in [6.07, 6.45) is 11.2. The number of ether oxygens (including phenoxy) is 1. The fourth-order valence-corrected chi connectivity index (χ4v) is 6.52. The Morgan fingerprint density at radius 3 is 2.24 bits per heavy atom. The van der Waals surface area contributed by atoms with Gasteiger partial charge < -0.3 is 4.74 Å². The lowest BCUT2D eigenvalue weighted by atomic mass is 9.44. The van der Waals surface area contributed by atoms with Gasteiger partial charge in [-0.1, -0.05) is 33.3 Å². The molecule has 1 heterocycles. The second kappa shape index (κ2) is 4.60. The Bertz CT molecular complexity index is 439. The fraction of sp³-hybridized carbons (Fsp3) is 0.900. The molecular formula is C20H34O. The molecule has 0 radical (unpaired) electrons. The van der Waals surface area contributed by atoms with Crippen LogP contribution in [0.15, 0.2) is 12.7 Å². The monoisotopic (exact) mass is 290 g/mol. The van der Waals surface area contributed by atoms with E-state index in [1.165, 1.54) is 38.5 Å². The molecule has 1 nitrogen and oxygen atoms in total. The van der Waals surface area contributed by atoms with Crippen LogP contribution in [-0.2, 0) is 4.74 Å². The molecule has 1 heteroatoms. The van der Waals surface area contributed by atoms with Crippen molar-refractivity contribution in [2.24, 2.45) is 22.7 Å². The van der Waals surface area contributed by atoms with Crippen LogP contribution in [0.5, 0.6) is 0 Å². The number of hydrogen-bond acceptors (Lipinski definition) is 1. The SMILES string of the molecule is C=CC1(C)CC[C@H]2[C@@](C)(CCC3C(C)(C)CCC[C@@]32C)O1. The molecule has 0 spiro atoms. The standard InChI is InChI=1S/C20H34O/c1-7-18(4)13-9-16-19(5)12-8-11-17(2,3)15(19)10-14-20(16,6)21-18/h7,15-16H,1,8-14H2,2-6H3/t15?,16-,18?,19+,20-/m1/s1. The summed E-state index contributed by atoms with van der Waals surface area (Å²) < 4.78 is 6.68. The highest BCUT2D eigenvalue weighted by Gasteiger charge is 2.61. The summed E-state index contributed by atoms with van der Waals surface area (Å²) in [6.45, 7) is 16.2. The van der Waals surface area contributed by atoms with E-state index in [-0.39, 0.29) is 11.2 Å². The highest BCUT2D eigenvalue weighted by molar-refractivity contribution is 5.12. The van der Waals surface area contributed by atoms with Gasteiger partial charge in [-0.15, -0.1) is 6.58 Å². The molecule has 3 aliphatic rings. The van der Waals surface area contributed by atoms with E-state index in [2.05, 4.69) is 41.2 Å². The van der Waals surface area contributed by atoms with E-state index < -0.39 is 0 Å². The highest BCUT2D eigenvalue weighted by atomic mass is 16.5. The van der Waals surface area contributed by atoms with Gasteiger partial charge in [0.15, 0.2) is 0 Å². The third-order valence-electron chi connectivity index (χ3n) is 7.57. The van der Waals surface area contributed by atoms with E-state index in [0.29, 0.717) is 10.8 Å². The third kappa shape index (κ3) is 2.22. The Morgan fingerprint density at radius 1 is 0.905 bits per heavy atom. The summed E-state index contributed by atoms with van der Waals surface area (Å²) in [5, 5.41) is 0. The maximum absolute atomic E-state index is 6.68. The van der Waals surface area contributed by atoms with E-state index in [4.69, 9.17) is 4.74 Å². The quantitative estimate of drug-likeness (QED) is 0.559. The largest absolute Gasteiger partial charge is 0.365 e. The Hall–Kier alpha value is -0.300. The summed E-state index contributed by atoms with van der Waals surface area (Å²) >= 11 is 0. The van der Waals surface area contributed by atoms with E-state index in [9.17, 15) is 0 Å². The number of rotatable bonds is 1. The van der Waals surface area contributed by atoms with Crippen LogP contribution >= 0.6 is 0 Å². The molecule has 2 aliphatic carbocycles. The van der Waals surface area contributed by atoms with Gasteiger partial charge >= 0.3 is 0 Å². The number of fused-ring (bicyclic) bond motifs is 3. The van der Waals surface area contributed by atoms with E-state index in [1.807, 2.05) is 6.08 Å². The van der Waals surface area contributed by atoms with Crippen LogP contribution in [0.1, 0.15) is 79.6 Å². The van der Waals surface area contributed by atoms with Crippen molar-refractivity contribution in [2.45, 2.75) is 90.8 Å². The van der Waals surface area contributed by atoms with Crippen molar-refractivity contribution in [3.63, 3.8) is 0 Å². The average Bonchev–Trinajstić information content (AvgIpc) is 2.36. The third-order valence-corrected chi connectivity index (χ3v) is 7.57. The predicted molar refractivity (Wildman–Crippen MR) is 89.3 cm³/mol. The Labute approximate surface area is 131 Å². The fourth-order valence-electron chi connectivity index (χ4n) is 6.52. The number of hydrogen-bond donors (Lipinski definition) is 0. The first kappa shape index (κ1) is 15.6. The molecule has 0 aromatic carbocycles. The molecule has 2 unspecified atom stereocenters. The molecule has 3 rings (SSSR count). The molecule has 0 N–H and O–H groups in total. The normalized spacial score (nSPS) is 52.6. The Balaban J connectivity index is 1.94. The average molecular weight is 290 g/mol. The van der Waals surface area contributed by atoms with Crippen LogP contribution in [0.3, 0.4) is 0 Å². The molecule has 0 amide bonds. The molecular weight excluding hydrogens is 256 g/mol. The first-order valence-corrected chi connectivity index (χ1v) is 8.99. The van der Waals surface area contributed by atoms with Gasteiger partial charge in [0.05, 0.1) is 11.2 Å². The molecule has 0 aromatic heterocycles. The van der Waals surface area contributed by atoms with Crippen molar-refractivity contribution < 1.29 is 4.74 Å². The summed E-state index contributed by atoms with van der Waals surface area (Å²) in [5.74, 6) is 1.59. The molecule has 2 saturated carbocycles. The van der Waals surface area contributed by atoms with Crippen LogP contribution in [0, 0.1) is 22.7 Å². The molecule has 120 valence electrons. The van der Waals surface area contributed by atoms with Gasteiger partial charge in [-0.05, 0) is 75.0 Å². The van der Waals surface area contributed by atoms with Crippen molar-refractivity contribution in [1.82, 2.24) is 0 Å². The zero-order chi connectivity index (χ0) is 15.5. The minimum Gasteiger partial charge on any atom is -0.365 e. The lowest BCUT2D eigenvalue weighted by Gasteiger charge is -2.65. The van der Waals surface area contributed by atoms with Gasteiger partial charge in [-0.3, -0.25) is 0 Å².